The minimum Gasteiger partial charge on any atom is -0.341 e. The molecule has 1 unspecified atom stereocenters. The summed E-state index contributed by atoms with van der Waals surface area (Å²) in [5.74, 6) is 0.309. The van der Waals surface area contributed by atoms with Crippen LogP contribution in [-0.4, -0.2) is 54.0 Å². The van der Waals surface area contributed by atoms with Crippen LogP contribution in [0.1, 0.15) is 44.6 Å². The van der Waals surface area contributed by atoms with Gasteiger partial charge in [0.2, 0.25) is 5.91 Å². The molecular weight excluding hydrogens is 298 g/mol. The lowest BCUT2D eigenvalue weighted by molar-refractivity contribution is -0.139. The van der Waals surface area contributed by atoms with Crippen molar-refractivity contribution in [2.24, 2.45) is 0 Å². The molecule has 2 aliphatic rings. The van der Waals surface area contributed by atoms with Gasteiger partial charge in [-0.3, -0.25) is 9.69 Å². The predicted molar refractivity (Wildman–Crippen MR) is 97.8 cm³/mol. The van der Waals surface area contributed by atoms with E-state index in [2.05, 4.69) is 47.5 Å². The number of hydrogen-bond donors (Lipinski definition) is 1. The molecule has 1 atom stereocenters. The molecule has 1 amide bonds. The fourth-order valence-electron chi connectivity index (χ4n) is 4.25. The first-order chi connectivity index (χ1) is 11.6. The van der Waals surface area contributed by atoms with Crippen LogP contribution in [-0.2, 0) is 11.3 Å². The maximum atomic E-state index is 13.0. The highest BCUT2D eigenvalue weighted by atomic mass is 16.2. The minimum absolute atomic E-state index is 0.296. The Bertz CT molecular complexity index is 531. The molecule has 4 heteroatoms. The third kappa shape index (κ3) is 3.65. The molecule has 3 rings (SSSR count). The first-order valence-corrected chi connectivity index (χ1v) is 9.43. The van der Waals surface area contributed by atoms with Gasteiger partial charge in [0, 0.05) is 32.7 Å². The molecule has 0 aliphatic carbocycles. The fraction of sp³-hybridized carbons (Fsp3) is 0.650. The summed E-state index contributed by atoms with van der Waals surface area (Å²) in [4.78, 5) is 17.6. The molecule has 0 aromatic heterocycles. The molecule has 0 spiro atoms. The van der Waals surface area contributed by atoms with E-state index < -0.39 is 0 Å². The van der Waals surface area contributed by atoms with E-state index in [0.29, 0.717) is 11.9 Å². The van der Waals surface area contributed by atoms with E-state index in [1.54, 1.807) is 0 Å². The number of carbonyl (C=O) groups is 1. The lowest BCUT2D eigenvalue weighted by Crippen LogP contribution is -2.57. The summed E-state index contributed by atoms with van der Waals surface area (Å²) in [6.07, 6.45) is 5.15. The first kappa shape index (κ1) is 17.4. The van der Waals surface area contributed by atoms with Crippen molar-refractivity contribution < 1.29 is 4.79 Å². The van der Waals surface area contributed by atoms with Crippen molar-refractivity contribution in [1.29, 1.82) is 0 Å². The van der Waals surface area contributed by atoms with Gasteiger partial charge in [0.05, 0.1) is 5.54 Å². The van der Waals surface area contributed by atoms with Gasteiger partial charge < -0.3 is 10.2 Å². The van der Waals surface area contributed by atoms with Gasteiger partial charge in [0.25, 0.3) is 0 Å². The third-order valence-corrected chi connectivity index (χ3v) is 5.93. The quantitative estimate of drug-likeness (QED) is 0.902. The van der Waals surface area contributed by atoms with E-state index in [9.17, 15) is 4.79 Å². The van der Waals surface area contributed by atoms with Crippen LogP contribution in [0.4, 0.5) is 0 Å². The number of carbonyl (C=O) groups excluding carboxylic acids is 1. The Hall–Kier alpha value is -1.39. The van der Waals surface area contributed by atoms with Gasteiger partial charge in [-0.1, -0.05) is 37.3 Å². The van der Waals surface area contributed by atoms with Crippen molar-refractivity contribution in [2.75, 3.05) is 26.7 Å². The van der Waals surface area contributed by atoms with E-state index in [1.165, 1.54) is 5.56 Å². The molecule has 1 aromatic carbocycles. The zero-order valence-electron chi connectivity index (χ0n) is 15.1. The number of likely N-dealkylation sites (tertiary alicyclic amines) is 1. The van der Waals surface area contributed by atoms with Gasteiger partial charge in [-0.2, -0.15) is 0 Å². The van der Waals surface area contributed by atoms with E-state index in [-0.39, 0.29) is 5.54 Å². The lowest BCUT2D eigenvalue weighted by Gasteiger charge is -2.40. The molecular formula is C20H31N3O. The molecule has 0 bridgehead atoms. The Morgan fingerprint density at radius 2 is 2.00 bits per heavy atom. The highest BCUT2D eigenvalue weighted by molar-refractivity contribution is 5.86. The van der Waals surface area contributed by atoms with Gasteiger partial charge in [0.1, 0.15) is 0 Å². The summed E-state index contributed by atoms with van der Waals surface area (Å²) in [6, 6.07) is 11.0. The molecule has 2 saturated heterocycles. The fourth-order valence-corrected chi connectivity index (χ4v) is 4.25. The SMILES string of the molecule is CCC1(C(=O)N(C)C2CCN(Cc3ccccc3)CC2)CCCN1. The monoisotopic (exact) mass is 329 g/mol. The summed E-state index contributed by atoms with van der Waals surface area (Å²) in [5, 5.41) is 3.48. The Balaban J connectivity index is 1.53. The predicted octanol–water partition coefficient (Wildman–Crippen LogP) is 2.64. The van der Waals surface area contributed by atoms with Crippen molar-refractivity contribution in [3.8, 4) is 0 Å². The van der Waals surface area contributed by atoms with Crippen LogP contribution in [0.5, 0.6) is 0 Å². The number of likely N-dealkylation sites (N-methyl/N-ethyl adjacent to an activating group) is 1. The van der Waals surface area contributed by atoms with Crippen molar-refractivity contribution in [3.05, 3.63) is 35.9 Å². The molecule has 2 aliphatic heterocycles. The first-order valence-electron chi connectivity index (χ1n) is 9.43. The number of nitrogens with zero attached hydrogens (tertiary/aromatic N) is 2. The Morgan fingerprint density at radius 1 is 1.29 bits per heavy atom. The van der Waals surface area contributed by atoms with Crippen LogP contribution < -0.4 is 5.32 Å². The number of nitrogens with one attached hydrogen (secondary N) is 1. The third-order valence-electron chi connectivity index (χ3n) is 5.93. The summed E-state index contributed by atoms with van der Waals surface area (Å²) in [7, 11) is 2.01. The average molecular weight is 329 g/mol. The summed E-state index contributed by atoms with van der Waals surface area (Å²) in [5.41, 5.74) is 1.08. The Morgan fingerprint density at radius 3 is 2.58 bits per heavy atom. The van der Waals surface area contributed by atoms with Gasteiger partial charge in [-0.15, -0.1) is 0 Å². The van der Waals surface area contributed by atoms with Gasteiger partial charge in [-0.25, -0.2) is 0 Å². The van der Waals surface area contributed by atoms with Crippen molar-refractivity contribution in [1.82, 2.24) is 15.1 Å². The van der Waals surface area contributed by atoms with Crippen LogP contribution in [0, 0.1) is 0 Å². The summed E-state index contributed by atoms with van der Waals surface area (Å²) in [6.45, 7) is 6.27. The van der Waals surface area contributed by atoms with Gasteiger partial charge in [-0.05, 0) is 44.2 Å². The van der Waals surface area contributed by atoms with Crippen LogP contribution in [0.25, 0.3) is 0 Å². The highest BCUT2D eigenvalue weighted by Gasteiger charge is 2.42. The van der Waals surface area contributed by atoms with Crippen LogP contribution in [0.3, 0.4) is 0 Å². The van der Waals surface area contributed by atoms with Crippen LogP contribution in [0.2, 0.25) is 0 Å². The molecule has 2 heterocycles. The number of rotatable bonds is 5. The Labute approximate surface area is 146 Å². The molecule has 0 saturated carbocycles. The van der Waals surface area contributed by atoms with E-state index >= 15 is 0 Å². The molecule has 2 fully saturated rings. The maximum absolute atomic E-state index is 13.0. The number of benzene rings is 1. The van der Waals surface area contributed by atoms with Crippen molar-refractivity contribution >= 4 is 5.91 Å². The van der Waals surface area contributed by atoms with Crippen LogP contribution >= 0.6 is 0 Å². The van der Waals surface area contributed by atoms with Gasteiger partial charge >= 0.3 is 0 Å². The summed E-state index contributed by atoms with van der Waals surface area (Å²) >= 11 is 0. The van der Waals surface area contributed by atoms with Gasteiger partial charge in [0.15, 0.2) is 0 Å². The second-order valence-corrected chi connectivity index (χ2v) is 7.37. The molecule has 1 aromatic rings. The van der Waals surface area contributed by atoms with E-state index in [0.717, 1.165) is 58.3 Å². The topological polar surface area (TPSA) is 35.6 Å². The smallest absolute Gasteiger partial charge is 0.242 e. The van der Waals surface area contributed by atoms with E-state index in [4.69, 9.17) is 0 Å². The minimum atomic E-state index is -0.296. The molecule has 1 N–H and O–H groups in total. The second kappa shape index (κ2) is 7.66. The maximum Gasteiger partial charge on any atom is 0.242 e. The molecule has 0 radical (unpaired) electrons. The second-order valence-electron chi connectivity index (χ2n) is 7.37. The summed E-state index contributed by atoms with van der Waals surface area (Å²) < 4.78 is 0. The number of hydrogen-bond acceptors (Lipinski definition) is 3. The zero-order valence-corrected chi connectivity index (χ0v) is 15.1. The largest absolute Gasteiger partial charge is 0.341 e. The number of piperidine rings is 1. The van der Waals surface area contributed by atoms with Crippen LogP contribution in [0.15, 0.2) is 30.3 Å². The molecule has 4 nitrogen and oxygen atoms in total. The lowest BCUT2D eigenvalue weighted by atomic mass is 9.91. The molecule has 132 valence electrons. The Kier molecular flexibility index (Phi) is 5.57. The zero-order chi connectivity index (χ0) is 17.0. The standard InChI is InChI=1S/C20H31N3O/c1-3-20(12-7-13-21-20)19(24)22(2)18-10-14-23(15-11-18)16-17-8-5-4-6-9-17/h4-6,8-9,18,21H,3,7,10-16H2,1-2H3. The van der Waals surface area contributed by atoms with E-state index in [1.807, 2.05) is 11.9 Å². The van der Waals surface area contributed by atoms with Crippen molar-refractivity contribution in [2.45, 2.75) is 57.2 Å². The number of amides is 1. The normalized spacial score (nSPS) is 25.8. The van der Waals surface area contributed by atoms with Crippen molar-refractivity contribution in [3.63, 3.8) is 0 Å². The molecule has 24 heavy (non-hydrogen) atoms. The average Bonchev–Trinajstić information content (AvgIpc) is 3.12. The highest BCUT2D eigenvalue weighted by Crippen LogP contribution is 2.27.